The van der Waals surface area contributed by atoms with Crippen molar-refractivity contribution in [2.75, 3.05) is 14.2 Å². The standard InChI is InChI=1S/C22H20BrNO3/c1-26-20-9-17-15-7-12(23)3-5-14(15)16-8-13-4-6-22(25)24(13)11-19(16)18(17)10-21(20)27-2/h3,5,7,9-10,13H,4,6,8,11H2,1-2H3/t13-/m0/s1. The molecule has 3 aromatic rings. The molecule has 0 spiro atoms. The van der Waals surface area contributed by atoms with E-state index in [-0.39, 0.29) is 5.91 Å². The van der Waals surface area contributed by atoms with Crippen molar-refractivity contribution in [1.29, 1.82) is 0 Å². The quantitative estimate of drug-likeness (QED) is 0.552. The van der Waals surface area contributed by atoms with Gasteiger partial charge < -0.3 is 14.4 Å². The lowest BCUT2D eigenvalue weighted by atomic mass is 9.85. The van der Waals surface area contributed by atoms with Crippen LogP contribution in [0.15, 0.2) is 34.8 Å². The molecule has 1 saturated heterocycles. The van der Waals surface area contributed by atoms with Crippen LogP contribution < -0.4 is 9.47 Å². The summed E-state index contributed by atoms with van der Waals surface area (Å²) in [4.78, 5) is 14.4. The molecule has 2 aliphatic heterocycles. The molecule has 3 aromatic carbocycles. The maximum Gasteiger partial charge on any atom is 0.223 e. The second-order valence-electron chi connectivity index (χ2n) is 7.32. The zero-order valence-corrected chi connectivity index (χ0v) is 16.9. The molecule has 1 fully saturated rings. The van der Waals surface area contributed by atoms with Crippen LogP contribution in [0.1, 0.15) is 24.0 Å². The van der Waals surface area contributed by atoms with Crippen molar-refractivity contribution >= 4 is 43.4 Å². The average Bonchev–Trinajstić information content (AvgIpc) is 3.05. The molecular weight excluding hydrogens is 406 g/mol. The van der Waals surface area contributed by atoms with E-state index in [1.54, 1.807) is 14.2 Å². The number of halogens is 1. The van der Waals surface area contributed by atoms with E-state index in [2.05, 4.69) is 51.2 Å². The van der Waals surface area contributed by atoms with Crippen LogP contribution >= 0.6 is 15.9 Å². The monoisotopic (exact) mass is 425 g/mol. The molecule has 0 saturated carbocycles. The van der Waals surface area contributed by atoms with E-state index in [1.807, 2.05) is 0 Å². The van der Waals surface area contributed by atoms with E-state index >= 15 is 0 Å². The van der Waals surface area contributed by atoms with E-state index in [0.29, 0.717) is 19.0 Å². The van der Waals surface area contributed by atoms with Crippen molar-refractivity contribution in [2.45, 2.75) is 31.8 Å². The first kappa shape index (κ1) is 16.9. The molecule has 0 aliphatic carbocycles. The van der Waals surface area contributed by atoms with Crippen LogP contribution in [0.3, 0.4) is 0 Å². The Bertz CT molecular complexity index is 1110. The fourth-order valence-electron chi connectivity index (χ4n) is 4.72. The highest BCUT2D eigenvalue weighted by Crippen LogP contribution is 2.44. The number of rotatable bonds is 2. The summed E-state index contributed by atoms with van der Waals surface area (Å²) in [6.45, 7) is 0.677. The van der Waals surface area contributed by atoms with Crippen LogP contribution in [0.2, 0.25) is 0 Å². The number of ether oxygens (including phenoxy) is 2. The summed E-state index contributed by atoms with van der Waals surface area (Å²) in [7, 11) is 3.32. The molecule has 2 aliphatic rings. The molecule has 1 atom stereocenters. The topological polar surface area (TPSA) is 38.8 Å². The van der Waals surface area contributed by atoms with Gasteiger partial charge in [-0.25, -0.2) is 0 Å². The number of carbonyl (C=O) groups is 1. The second kappa shape index (κ2) is 6.13. The summed E-state index contributed by atoms with van der Waals surface area (Å²) in [5, 5.41) is 4.75. The van der Waals surface area contributed by atoms with E-state index < -0.39 is 0 Å². The molecule has 5 rings (SSSR count). The predicted octanol–water partition coefficient (Wildman–Crippen LogP) is 4.82. The number of methoxy groups -OCH3 is 2. The highest BCUT2D eigenvalue weighted by atomic mass is 79.9. The normalized spacial score (nSPS) is 18.7. The molecular formula is C22H20BrNO3. The summed E-state index contributed by atoms with van der Waals surface area (Å²) >= 11 is 3.62. The summed E-state index contributed by atoms with van der Waals surface area (Å²) in [5.41, 5.74) is 2.61. The van der Waals surface area contributed by atoms with Gasteiger partial charge in [-0.2, -0.15) is 0 Å². The number of hydrogen-bond donors (Lipinski definition) is 0. The van der Waals surface area contributed by atoms with Gasteiger partial charge in [-0.15, -0.1) is 0 Å². The predicted molar refractivity (Wildman–Crippen MR) is 110 cm³/mol. The first-order valence-corrected chi connectivity index (χ1v) is 9.98. The van der Waals surface area contributed by atoms with Gasteiger partial charge in [0.1, 0.15) is 0 Å². The van der Waals surface area contributed by atoms with Crippen LogP contribution in [-0.4, -0.2) is 31.1 Å². The smallest absolute Gasteiger partial charge is 0.223 e. The average molecular weight is 426 g/mol. The van der Waals surface area contributed by atoms with E-state index in [1.165, 1.54) is 21.9 Å². The van der Waals surface area contributed by atoms with Crippen LogP contribution in [0.5, 0.6) is 11.5 Å². The van der Waals surface area contributed by atoms with Crippen molar-refractivity contribution in [3.63, 3.8) is 0 Å². The van der Waals surface area contributed by atoms with Crippen molar-refractivity contribution < 1.29 is 14.3 Å². The Labute approximate surface area is 166 Å². The second-order valence-corrected chi connectivity index (χ2v) is 8.23. The molecule has 0 N–H and O–H groups in total. The first-order chi connectivity index (χ1) is 13.1. The number of amides is 1. The Morgan fingerprint density at radius 1 is 0.963 bits per heavy atom. The Balaban J connectivity index is 1.89. The summed E-state index contributed by atoms with van der Waals surface area (Å²) in [6, 6.07) is 10.9. The van der Waals surface area contributed by atoms with Crippen LogP contribution in [0, 0.1) is 0 Å². The van der Waals surface area contributed by atoms with Gasteiger partial charge in [-0.3, -0.25) is 4.79 Å². The molecule has 138 valence electrons. The van der Waals surface area contributed by atoms with E-state index in [9.17, 15) is 4.79 Å². The van der Waals surface area contributed by atoms with Gasteiger partial charge in [0.2, 0.25) is 5.91 Å². The minimum Gasteiger partial charge on any atom is -0.493 e. The lowest BCUT2D eigenvalue weighted by molar-refractivity contribution is -0.129. The number of carbonyl (C=O) groups excluding carboxylic acids is 1. The lowest BCUT2D eigenvalue weighted by Gasteiger charge is -2.33. The molecule has 1 amide bonds. The van der Waals surface area contributed by atoms with Crippen molar-refractivity contribution in [1.82, 2.24) is 4.90 Å². The highest BCUT2D eigenvalue weighted by molar-refractivity contribution is 9.10. The van der Waals surface area contributed by atoms with Crippen molar-refractivity contribution in [3.8, 4) is 11.5 Å². The van der Waals surface area contributed by atoms with Gasteiger partial charge >= 0.3 is 0 Å². The molecule has 0 aromatic heterocycles. The van der Waals surface area contributed by atoms with Crippen molar-refractivity contribution in [2.24, 2.45) is 0 Å². The first-order valence-electron chi connectivity index (χ1n) is 9.19. The van der Waals surface area contributed by atoms with E-state index in [4.69, 9.17) is 9.47 Å². The van der Waals surface area contributed by atoms with Crippen LogP contribution in [0.4, 0.5) is 0 Å². The largest absolute Gasteiger partial charge is 0.493 e. The van der Waals surface area contributed by atoms with Crippen LogP contribution in [0.25, 0.3) is 21.5 Å². The third kappa shape index (κ3) is 2.44. The lowest BCUT2D eigenvalue weighted by Crippen LogP contribution is -2.38. The van der Waals surface area contributed by atoms with Gasteiger partial charge in [0.25, 0.3) is 0 Å². The summed E-state index contributed by atoms with van der Waals surface area (Å²) in [6.07, 6.45) is 2.54. The molecule has 4 nitrogen and oxygen atoms in total. The minimum atomic E-state index is 0.273. The van der Waals surface area contributed by atoms with Gasteiger partial charge in [0, 0.05) is 23.5 Å². The third-order valence-corrected chi connectivity index (χ3v) is 6.52. The number of benzene rings is 3. The van der Waals surface area contributed by atoms with Crippen molar-refractivity contribution in [3.05, 3.63) is 45.9 Å². The molecule has 0 bridgehead atoms. The van der Waals surface area contributed by atoms with Crippen LogP contribution in [-0.2, 0) is 17.8 Å². The van der Waals surface area contributed by atoms with Gasteiger partial charge in [-0.05, 0) is 69.8 Å². The number of hydrogen-bond acceptors (Lipinski definition) is 3. The number of fused-ring (bicyclic) bond motifs is 7. The highest BCUT2D eigenvalue weighted by Gasteiger charge is 2.36. The molecule has 0 unspecified atom stereocenters. The third-order valence-electron chi connectivity index (χ3n) is 6.03. The van der Waals surface area contributed by atoms with E-state index in [0.717, 1.165) is 39.6 Å². The zero-order chi connectivity index (χ0) is 18.7. The SMILES string of the molecule is COc1cc2c3c(c4ccc(Br)cc4c2cc1OC)C[C@@H]1CCC(=O)N1C3. The summed E-state index contributed by atoms with van der Waals surface area (Å²) in [5.74, 6) is 1.71. The summed E-state index contributed by atoms with van der Waals surface area (Å²) < 4.78 is 12.2. The minimum absolute atomic E-state index is 0.273. The fraction of sp³-hybridized carbons (Fsp3) is 0.318. The van der Waals surface area contributed by atoms with Gasteiger partial charge in [0.05, 0.1) is 14.2 Å². The van der Waals surface area contributed by atoms with Gasteiger partial charge in [-0.1, -0.05) is 22.0 Å². The fourth-order valence-corrected chi connectivity index (χ4v) is 5.08. The zero-order valence-electron chi connectivity index (χ0n) is 15.3. The van der Waals surface area contributed by atoms with Gasteiger partial charge in [0.15, 0.2) is 11.5 Å². The Kier molecular flexibility index (Phi) is 3.83. The number of nitrogens with zero attached hydrogens (tertiary/aromatic N) is 1. The Hall–Kier alpha value is -2.27. The maximum atomic E-state index is 12.4. The molecule has 5 heteroatoms. The Morgan fingerprint density at radius 2 is 1.67 bits per heavy atom. The Morgan fingerprint density at radius 3 is 2.41 bits per heavy atom. The molecule has 27 heavy (non-hydrogen) atoms. The molecule has 0 radical (unpaired) electrons. The molecule has 2 heterocycles. The maximum absolute atomic E-state index is 12.4.